The summed E-state index contributed by atoms with van der Waals surface area (Å²) in [5.41, 5.74) is 6.33. The van der Waals surface area contributed by atoms with Crippen molar-refractivity contribution in [3.8, 4) is 0 Å². The van der Waals surface area contributed by atoms with Crippen LogP contribution in [0.5, 0.6) is 0 Å². The zero-order chi connectivity index (χ0) is 21.3. The van der Waals surface area contributed by atoms with Crippen LogP contribution in [0.4, 0.5) is 13.2 Å². The monoisotopic (exact) mass is 432 g/mol. The highest BCUT2D eigenvalue weighted by atomic mass is 32.2. The first-order valence-electron chi connectivity index (χ1n) is 10.0. The molecular weight excluding hydrogens is 405 g/mol. The zero-order valence-corrected chi connectivity index (χ0v) is 17.2. The number of halogens is 3. The van der Waals surface area contributed by atoms with Crippen LogP contribution in [0.2, 0.25) is 0 Å². The Bertz CT molecular complexity index is 864. The fourth-order valence-electron chi connectivity index (χ4n) is 4.63. The van der Waals surface area contributed by atoms with Crippen LogP contribution < -0.4 is 5.73 Å². The molecule has 29 heavy (non-hydrogen) atoms. The van der Waals surface area contributed by atoms with Crippen molar-refractivity contribution >= 4 is 15.7 Å². The Morgan fingerprint density at radius 1 is 1.14 bits per heavy atom. The van der Waals surface area contributed by atoms with Gasteiger partial charge in [0.05, 0.1) is 5.75 Å². The molecule has 0 saturated carbocycles. The number of piperidine rings is 1. The van der Waals surface area contributed by atoms with Gasteiger partial charge in [-0.2, -0.15) is 0 Å². The van der Waals surface area contributed by atoms with E-state index in [2.05, 4.69) is 0 Å². The van der Waals surface area contributed by atoms with Crippen molar-refractivity contribution < 1.29 is 26.4 Å². The second-order valence-electron chi connectivity index (χ2n) is 8.13. The maximum absolute atomic E-state index is 13.9. The molecule has 2 saturated heterocycles. The molecule has 1 unspecified atom stereocenters. The molecular formula is C20H27F3N2O3S. The van der Waals surface area contributed by atoms with Crippen LogP contribution in [0.1, 0.15) is 44.6 Å². The van der Waals surface area contributed by atoms with E-state index in [0.717, 1.165) is 18.9 Å². The molecule has 162 valence electrons. The second-order valence-corrected chi connectivity index (χ2v) is 10.6. The number of sulfone groups is 1. The minimum Gasteiger partial charge on any atom is -0.337 e. The minimum absolute atomic E-state index is 0.00330. The van der Waals surface area contributed by atoms with E-state index in [9.17, 15) is 26.4 Å². The highest BCUT2D eigenvalue weighted by molar-refractivity contribution is 7.91. The number of hydrogen-bond acceptors (Lipinski definition) is 4. The average Bonchev–Trinajstić information content (AvgIpc) is 2.93. The lowest BCUT2D eigenvalue weighted by molar-refractivity contribution is -0.136. The van der Waals surface area contributed by atoms with Crippen LogP contribution in [-0.2, 0) is 21.1 Å². The number of nitrogens with zero attached hydrogens (tertiary/aromatic N) is 1. The Balaban J connectivity index is 1.62. The fourth-order valence-corrected chi connectivity index (χ4v) is 5.41. The van der Waals surface area contributed by atoms with E-state index in [1.54, 1.807) is 6.92 Å². The molecule has 0 aliphatic carbocycles. The van der Waals surface area contributed by atoms with Gasteiger partial charge in [0.15, 0.2) is 21.5 Å². The van der Waals surface area contributed by atoms with Crippen LogP contribution in [0.15, 0.2) is 12.1 Å². The molecule has 2 fully saturated rings. The van der Waals surface area contributed by atoms with E-state index in [1.807, 2.05) is 4.90 Å². The van der Waals surface area contributed by atoms with Gasteiger partial charge in [0.1, 0.15) is 5.82 Å². The lowest BCUT2D eigenvalue weighted by Crippen LogP contribution is -2.50. The van der Waals surface area contributed by atoms with Crippen LogP contribution in [0.3, 0.4) is 0 Å². The molecule has 1 aromatic carbocycles. The Morgan fingerprint density at radius 2 is 1.72 bits per heavy atom. The van der Waals surface area contributed by atoms with E-state index in [0.29, 0.717) is 18.9 Å². The third-order valence-electron chi connectivity index (χ3n) is 6.27. The largest absolute Gasteiger partial charge is 0.337 e. The molecule has 1 aromatic rings. The van der Waals surface area contributed by atoms with Gasteiger partial charge < -0.3 is 10.6 Å². The van der Waals surface area contributed by atoms with Crippen molar-refractivity contribution in [1.82, 2.24) is 4.90 Å². The van der Waals surface area contributed by atoms with Crippen LogP contribution in [0.25, 0.3) is 0 Å². The molecule has 2 bridgehead atoms. The van der Waals surface area contributed by atoms with Crippen molar-refractivity contribution in [1.29, 1.82) is 0 Å². The summed E-state index contributed by atoms with van der Waals surface area (Å²) in [5.74, 6) is -3.38. The van der Waals surface area contributed by atoms with Gasteiger partial charge in [-0.05, 0) is 49.7 Å². The number of carbonyl (C=O) groups is 1. The summed E-state index contributed by atoms with van der Waals surface area (Å²) >= 11 is 0. The fraction of sp³-hybridized carbons (Fsp3) is 0.650. The molecule has 2 heterocycles. The Morgan fingerprint density at radius 3 is 2.31 bits per heavy atom. The molecule has 0 radical (unpaired) electrons. The third kappa shape index (κ3) is 4.94. The number of amides is 1. The Kier molecular flexibility index (Phi) is 6.57. The summed E-state index contributed by atoms with van der Waals surface area (Å²) in [6.07, 6.45) is 3.04. The van der Waals surface area contributed by atoms with Crippen molar-refractivity contribution in [2.24, 2.45) is 11.7 Å². The summed E-state index contributed by atoms with van der Waals surface area (Å²) in [5, 5.41) is 0. The van der Waals surface area contributed by atoms with E-state index in [4.69, 9.17) is 5.73 Å². The highest BCUT2D eigenvalue weighted by Gasteiger charge is 2.44. The van der Waals surface area contributed by atoms with Crippen molar-refractivity contribution in [3.63, 3.8) is 0 Å². The van der Waals surface area contributed by atoms with Gasteiger partial charge in [0.2, 0.25) is 5.91 Å². The molecule has 3 rings (SSSR count). The lowest BCUT2D eigenvalue weighted by atomic mass is 9.82. The van der Waals surface area contributed by atoms with E-state index in [-0.39, 0.29) is 53.8 Å². The number of nitrogens with two attached hydrogens (primary N) is 1. The average molecular weight is 433 g/mol. The SMILES string of the molecule is CCS(=O)(=O)CCC(=O)N1[C@@H]2CC[C@H]1CC([C@H](N)Cc1cc(F)c(F)cc1F)C2. The number of rotatable bonds is 7. The standard InChI is InChI=1S/C20H27F3N2O3S/c1-2-29(27,28)6-5-20(26)25-14-3-4-15(25)8-13(7-14)19(24)10-12-9-17(22)18(23)11-16(12)21/h9,11,13-15,19H,2-8,10,24H2,1H3/t13?,14-,15+,19-/m1/s1. The van der Waals surface area contributed by atoms with Gasteiger partial charge >= 0.3 is 0 Å². The molecule has 1 amide bonds. The second kappa shape index (κ2) is 8.63. The number of fused-ring (bicyclic) bond motifs is 2. The predicted molar refractivity (Wildman–Crippen MR) is 103 cm³/mol. The highest BCUT2D eigenvalue weighted by Crippen LogP contribution is 2.40. The smallest absolute Gasteiger partial charge is 0.224 e. The molecule has 2 aliphatic heterocycles. The summed E-state index contributed by atoms with van der Waals surface area (Å²) in [6, 6.07) is 0.946. The predicted octanol–water partition coefficient (Wildman–Crippen LogP) is 2.57. The molecule has 5 nitrogen and oxygen atoms in total. The number of carbonyl (C=O) groups excluding carboxylic acids is 1. The van der Waals surface area contributed by atoms with E-state index >= 15 is 0 Å². The topological polar surface area (TPSA) is 80.5 Å². The van der Waals surface area contributed by atoms with Gasteiger partial charge in [-0.25, -0.2) is 21.6 Å². The Hall–Kier alpha value is -1.61. The number of hydrogen-bond donors (Lipinski definition) is 1. The minimum atomic E-state index is -3.20. The van der Waals surface area contributed by atoms with Crippen molar-refractivity contribution in [2.45, 2.75) is 63.6 Å². The van der Waals surface area contributed by atoms with Gasteiger partial charge in [-0.3, -0.25) is 4.79 Å². The first-order chi connectivity index (χ1) is 13.6. The van der Waals surface area contributed by atoms with Gasteiger partial charge in [0, 0.05) is 36.4 Å². The molecule has 9 heteroatoms. The van der Waals surface area contributed by atoms with E-state index < -0.39 is 33.3 Å². The lowest BCUT2D eigenvalue weighted by Gasteiger charge is -2.41. The van der Waals surface area contributed by atoms with E-state index in [1.165, 1.54) is 0 Å². The van der Waals surface area contributed by atoms with Crippen LogP contribution in [0, 0.1) is 23.4 Å². The number of benzene rings is 1. The van der Waals surface area contributed by atoms with Gasteiger partial charge in [-0.1, -0.05) is 6.92 Å². The quantitative estimate of drug-likeness (QED) is 0.672. The van der Waals surface area contributed by atoms with Crippen LogP contribution in [-0.4, -0.2) is 48.9 Å². The first kappa shape index (κ1) is 22.1. The van der Waals surface area contributed by atoms with Gasteiger partial charge in [-0.15, -0.1) is 0 Å². The molecule has 2 N–H and O–H groups in total. The molecule has 0 aromatic heterocycles. The summed E-state index contributed by atoms with van der Waals surface area (Å²) in [6.45, 7) is 1.56. The normalized spacial score (nSPS) is 25.3. The third-order valence-corrected chi connectivity index (χ3v) is 7.98. The maximum atomic E-state index is 13.9. The molecule has 2 aliphatic rings. The Labute approximate surface area is 169 Å². The first-order valence-corrected chi connectivity index (χ1v) is 11.8. The summed E-state index contributed by atoms with van der Waals surface area (Å²) in [7, 11) is -3.20. The molecule has 4 atom stereocenters. The summed E-state index contributed by atoms with van der Waals surface area (Å²) < 4.78 is 63.9. The van der Waals surface area contributed by atoms with Crippen molar-refractivity contribution in [2.75, 3.05) is 11.5 Å². The maximum Gasteiger partial charge on any atom is 0.224 e. The van der Waals surface area contributed by atoms with Crippen molar-refractivity contribution in [3.05, 3.63) is 35.1 Å². The van der Waals surface area contributed by atoms with Gasteiger partial charge in [0.25, 0.3) is 0 Å². The van der Waals surface area contributed by atoms with Crippen LogP contribution >= 0.6 is 0 Å². The summed E-state index contributed by atoms with van der Waals surface area (Å²) in [4.78, 5) is 14.4. The molecule has 0 spiro atoms. The zero-order valence-electron chi connectivity index (χ0n) is 16.4.